The monoisotopic (exact) mass is 502 g/mol. The molecule has 2 aromatic rings. The fraction of sp³-hybridized carbons (Fsp3) is 0.500. The summed E-state index contributed by atoms with van der Waals surface area (Å²) in [6, 6.07) is 10.2. The number of hydrogen-bond donors (Lipinski definition) is 1. The summed E-state index contributed by atoms with van der Waals surface area (Å²) in [6.45, 7) is 13.3. The molecule has 1 heterocycles. The van der Waals surface area contributed by atoms with Gasteiger partial charge in [-0.3, -0.25) is 9.59 Å². The van der Waals surface area contributed by atoms with Crippen LogP contribution in [0.2, 0.25) is 0 Å². The van der Waals surface area contributed by atoms with Gasteiger partial charge in [0.05, 0.1) is 13.0 Å². The van der Waals surface area contributed by atoms with Crippen molar-refractivity contribution in [2.24, 2.45) is 11.8 Å². The van der Waals surface area contributed by atoms with E-state index >= 15 is 0 Å². The van der Waals surface area contributed by atoms with Gasteiger partial charge in [0, 0.05) is 20.1 Å². The maximum Gasteiger partial charge on any atom is 0.328 e. The van der Waals surface area contributed by atoms with Crippen LogP contribution in [0, 0.1) is 11.8 Å². The molecule has 1 amide bonds. The van der Waals surface area contributed by atoms with Crippen LogP contribution >= 0.6 is 0 Å². The molecule has 0 bridgehead atoms. The summed E-state index contributed by atoms with van der Waals surface area (Å²) in [5.74, 6) is -1.26. The van der Waals surface area contributed by atoms with Gasteiger partial charge in [-0.1, -0.05) is 71.4 Å². The lowest BCUT2D eigenvalue weighted by Gasteiger charge is -2.19. The van der Waals surface area contributed by atoms with Crippen molar-refractivity contribution in [3.8, 4) is 11.5 Å². The molecular formula is C28H42N2O6. The lowest BCUT2D eigenvalue weighted by molar-refractivity contribution is -0.150. The van der Waals surface area contributed by atoms with Crippen LogP contribution in [0.4, 0.5) is 0 Å². The van der Waals surface area contributed by atoms with E-state index in [1.807, 2.05) is 30.3 Å². The SMILES string of the molecule is CCC(C)C.COc1ccnc(C(=O)N[C@@H](C)C(=O)O[C@@H](C)Cc2ccccc2)c1OC(=O)C(C)C.[HH]. The van der Waals surface area contributed by atoms with Crippen LogP contribution in [0.1, 0.15) is 72.4 Å². The van der Waals surface area contributed by atoms with Gasteiger partial charge in [-0.2, -0.15) is 0 Å². The number of amides is 1. The van der Waals surface area contributed by atoms with E-state index in [0.717, 1.165) is 11.5 Å². The summed E-state index contributed by atoms with van der Waals surface area (Å²) < 4.78 is 15.9. The number of hydrogen-bond acceptors (Lipinski definition) is 7. The van der Waals surface area contributed by atoms with Gasteiger partial charge in [0.1, 0.15) is 12.1 Å². The molecule has 36 heavy (non-hydrogen) atoms. The van der Waals surface area contributed by atoms with Crippen molar-refractivity contribution in [1.82, 2.24) is 10.3 Å². The smallest absolute Gasteiger partial charge is 0.328 e. The molecule has 2 atom stereocenters. The molecule has 0 saturated carbocycles. The average molecular weight is 503 g/mol. The van der Waals surface area contributed by atoms with E-state index in [2.05, 4.69) is 31.1 Å². The molecule has 1 aromatic carbocycles. The van der Waals surface area contributed by atoms with Crippen LogP contribution in [-0.2, 0) is 20.7 Å². The number of ether oxygens (including phenoxy) is 3. The van der Waals surface area contributed by atoms with Crippen molar-refractivity contribution < 1.29 is 30.0 Å². The molecule has 0 unspecified atom stereocenters. The molecule has 0 aliphatic carbocycles. The van der Waals surface area contributed by atoms with Gasteiger partial charge in [-0.05, 0) is 25.3 Å². The van der Waals surface area contributed by atoms with E-state index in [-0.39, 0.29) is 24.7 Å². The van der Waals surface area contributed by atoms with E-state index < -0.39 is 29.8 Å². The normalized spacial score (nSPS) is 12.2. The van der Waals surface area contributed by atoms with Gasteiger partial charge in [-0.25, -0.2) is 9.78 Å². The molecular weight excluding hydrogens is 460 g/mol. The summed E-state index contributed by atoms with van der Waals surface area (Å²) in [6.07, 6.45) is 2.84. The first-order chi connectivity index (χ1) is 17.0. The minimum atomic E-state index is -0.938. The molecule has 8 heteroatoms. The minimum absolute atomic E-state index is 0. The van der Waals surface area contributed by atoms with Crippen LogP contribution in [0.5, 0.6) is 11.5 Å². The zero-order valence-corrected chi connectivity index (χ0v) is 22.7. The molecule has 1 aromatic heterocycles. The Labute approximate surface area is 216 Å². The van der Waals surface area contributed by atoms with E-state index in [9.17, 15) is 14.4 Å². The molecule has 0 spiro atoms. The maximum atomic E-state index is 12.7. The zero-order chi connectivity index (χ0) is 27.3. The second-order valence-electron chi connectivity index (χ2n) is 9.20. The molecule has 0 saturated heterocycles. The summed E-state index contributed by atoms with van der Waals surface area (Å²) in [4.78, 5) is 41.2. The number of pyridine rings is 1. The summed E-state index contributed by atoms with van der Waals surface area (Å²) in [5, 5.41) is 2.54. The van der Waals surface area contributed by atoms with Crippen LogP contribution in [0.3, 0.4) is 0 Å². The lowest BCUT2D eigenvalue weighted by Crippen LogP contribution is -2.41. The Hall–Kier alpha value is -3.42. The van der Waals surface area contributed by atoms with E-state index in [1.165, 1.54) is 32.7 Å². The quantitative estimate of drug-likeness (QED) is 0.443. The molecule has 1 N–H and O–H groups in total. The van der Waals surface area contributed by atoms with Gasteiger partial charge in [0.25, 0.3) is 5.91 Å². The number of aromatic nitrogens is 1. The second-order valence-corrected chi connectivity index (χ2v) is 9.20. The number of rotatable bonds is 10. The second kappa shape index (κ2) is 15.5. The predicted octanol–water partition coefficient (Wildman–Crippen LogP) is 5.24. The highest BCUT2D eigenvalue weighted by Crippen LogP contribution is 2.30. The molecule has 0 fully saturated rings. The number of carbonyl (C=O) groups excluding carboxylic acids is 3. The Morgan fingerprint density at radius 1 is 0.972 bits per heavy atom. The zero-order valence-electron chi connectivity index (χ0n) is 22.7. The standard InChI is InChI=1S/C23H28N2O6.C5H12.H2/c1-14(2)22(27)31-20-18(29-5)11-12-24-19(20)21(26)25-16(4)23(28)30-15(3)13-17-9-7-6-8-10-17;1-4-5(2)3;/h6-12,14-16H,13H2,1-5H3,(H,25,26);5H,4H2,1-3H3;1H/t15-,16-;;/m0../s1. The number of benzene rings is 1. The van der Waals surface area contributed by atoms with Gasteiger partial charge < -0.3 is 19.5 Å². The molecule has 8 nitrogen and oxygen atoms in total. The van der Waals surface area contributed by atoms with Crippen molar-refractivity contribution in [2.75, 3.05) is 7.11 Å². The third kappa shape index (κ3) is 10.5. The lowest BCUT2D eigenvalue weighted by atomic mass is 10.1. The van der Waals surface area contributed by atoms with Crippen LogP contribution in [-0.4, -0.2) is 42.1 Å². The van der Waals surface area contributed by atoms with Crippen molar-refractivity contribution >= 4 is 17.8 Å². The van der Waals surface area contributed by atoms with E-state index in [1.54, 1.807) is 20.8 Å². The Bertz CT molecular complexity index is 982. The Kier molecular flexibility index (Phi) is 13.2. The highest BCUT2D eigenvalue weighted by atomic mass is 16.6. The van der Waals surface area contributed by atoms with Crippen LogP contribution in [0.25, 0.3) is 0 Å². The summed E-state index contributed by atoms with van der Waals surface area (Å²) in [5.41, 5.74) is 0.877. The third-order valence-electron chi connectivity index (χ3n) is 5.18. The number of methoxy groups -OCH3 is 1. The van der Waals surface area contributed by atoms with Gasteiger partial charge >= 0.3 is 11.9 Å². The molecule has 0 radical (unpaired) electrons. The van der Waals surface area contributed by atoms with Crippen molar-refractivity contribution in [2.45, 2.75) is 73.5 Å². The average Bonchev–Trinajstić information content (AvgIpc) is 2.84. The van der Waals surface area contributed by atoms with Crippen LogP contribution < -0.4 is 14.8 Å². The van der Waals surface area contributed by atoms with Crippen LogP contribution in [0.15, 0.2) is 42.6 Å². The number of nitrogens with one attached hydrogen (secondary N) is 1. The minimum Gasteiger partial charge on any atom is -0.493 e. The molecule has 0 aliphatic heterocycles. The fourth-order valence-corrected chi connectivity index (χ4v) is 2.68. The number of carbonyl (C=O) groups is 3. The fourth-order valence-electron chi connectivity index (χ4n) is 2.68. The predicted molar refractivity (Wildman–Crippen MR) is 141 cm³/mol. The highest BCUT2D eigenvalue weighted by Gasteiger charge is 2.26. The van der Waals surface area contributed by atoms with E-state index in [4.69, 9.17) is 14.2 Å². The topological polar surface area (TPSA) is 104 Å². The van der Waals surface area contributed by atoms with Gasteiger partial charge in [0.2, 0.25) is 5.75 Å². The third-order valence-corrected chi connectivity index (χ3v) is 5.18. The maximum absolute atomic E-state index is 12.7. The van der Waals surface area contributed by atoms with Gasteiger partial charge in [-0.15, -0.1) is 0 Å². The van der Waals surface area contributed by atoms with Crippen molar-refractivity contribution in [3.05, 3.63) is 53.9 Å². The first-order valence-corrected chi connectivity index (χ1v) is 12.3. The summed E-state index contributed by atoms with van der Waals surface area (Å²) in [7, 11) is 1.39. The highest BCUT2D eigenvalue weighted by molar-refractivity contribution is 5.98. The molecule has 200 valence electrons. The first kappa shape index (κ1) is 30.6. The molecule has 0 aliphatic rings. The Morgan fingerprint density at radius 3 is 2.11 bits per heavy atom. The van der Waals surface area contributed by atoms with Gasteiger partial charge in [0.15, 0.2) is 11.4 Å². The molecule has 2 rings (SSSR count). The van der Waals surface area contributed by atoms with Crippen molar-refractivity contribution in [3.63, 3.8) is 0 Å². The number of nitrogens with zero attached hydrogens (tertiary/aromatic N) is 1. The first-order valence-electron chi connectivity index (χ1n) is 12.3. The van der Waals surface area contributed by atoms with E-state index in [0.29, 0.717) is 6.42 Å². The largest absolute Gasteiger partial charge is 0.493 e. The number of esters is 2. The Balaban J connectivity index is 0.00000196. The Morgan fingerprint density at radius 2 is 1.58 bits per heavy atom. The van der Waals surface area contributed by atoms with Crippen molar-refractivity contribution in [1.29, 1.82) is 0 Å². The summed E-state index contributed by atoms with van der Waals surface area (Å²) >= 11 is 0.